The van der Waals surface area contributed by atoms with Crippen molar-refractivity contribution in [2.75, 3.05) is 0 Å². The number of carbonyl (C=O) groups is 1. The fourth-order valence-corrected chi connectivity index (χ4v) is 3.00. The molecule has 4 aromatic rings. The van der Waals surface area contributed by atoms with Gasteiger partial charge in [0.25, 0.3) is 0 Å². The van der Waals surface area contributed by atoms with Crippen molar-refractivity contribution >= 4 is 23.0 Å². The number of esters is 1. The predicted octanol–water partition coefficient (Wildman–Crippen LogP) is 4.97. The Hall–Kier alpha value is -4.43. The first-order chi connectivity index (χ1) is 14.7. The molecule has 144 valence electrons. The molecule has 0 N–H and O–H groups in total. The zero-order valence-corrected chi connectivity index (χ0v) is 15.7. The highest BCUT2D eigenvalue weighted by atomic mass is 16.5. The van der Waals surface area contributed by atoms with Gasteiger partial charge in [0.15, 0.2) is 5.43 Å². The molecule has 1 heterocycles. The molecule has 0 aliphatic carbocycles. The van der Waals surface area contributed by atoms with Crippen LogP contribution in [0.1, 0.15) is 5.56 Å². The van der Waals surface area contributed by atoms with Crippen LogP contribution in [-0.2, 0) is 4.79 Å². The first-order valence-corrected chi connectivity index (χ1v) is 9.16. The van der Waals surface area contributed by atoms with Crippen LogP contribution < -0.4 is 10.2 Å². The predicted molar refractivity (Wildman–Crippen MR) is 114 cm³/mol. The van der Waals surface area contributed by atoms with Gasteiger partial charge in [-0.3, -0.25) is 4.79 Å². The molecule has 0 bridgehead atoms. The number of rotatable bonds is 4. The highest BCUT2D eigenvalue weighted by Crippen LogP contribution is 2.23. The van der Waals surface area contributed by atoms with E-state index in [0.717, 1.165) is 5.56 Å². The second kappa shape index (κ2) is 8.29. The summed E-state index contributed by atoms with van der Waals surface area (Å²) in [6.07, 6.45) is 2.84. The van der Waals surface area contributed by atoms with Gasteiger partial charge in [0.05, 0.1) is 10.9 Å². The van der Waals surface area contributed by atoms with Crippen LogP contribution in [0.25, 0.3) is 28.2 Å². The van der Waals surface area contributed by atoms with E-state index in [1.807, 2.05) is 42.5 Å². The molecule has 5 nitrogen and oxygen atoms in total. The van der Waals surface area contributed by atoms with E-state index in [1.165, 1.54) is 24.5 Å². The summed E-state index contributed by atoms with van der Waals surface area (Å²) in [7, 11) is 0. The molecule has 1 aromatic heterocycles. The minimum absolute atomic E-state index is 0.137. The summed E-state index contributed by atoms with van der Waals surface area (Å²) in [5, 5.41) is 9.68. The molecular weight excluding hydrogens is 378 g/mol. The second-order valence-corrected chi connectivity index (χ2v) is 6.47. The van der Waals surface area contributed by atoms with Crippen molar-refractivity contribution in [3.05, 3.63) is 106 Å². The first kappa shape index (κ1) is 18.9. The Morgan fingerprint density at radius 3 is 2.37 bits per heavy atom. The monoisotopic (exact) mass is 393 g/mol. The van der Waals surface area contributed by atoms with Gasteiger partial charge in [0, 0.05) is 6.07 Å². The fraction of sp³-hybridized carbons (Fsp3) is 0. The largest absolute Gasteiger partial charge is 0.463 e. The van der Waals surface area contributed by atoms with Gasteiger partial charge >= 0.3 is 5.97 Å². The molecule has 4 rings (SSSR count). The lowest BCUT2D eigenvalue weighted by Crippen LogP contribution is -2.10. The smallest absolute Gasteiger partial charge is 0.354 e. The lowest BCUT2D eigenvalue weighted by Gasteiger charge is -2.06. The number of nitrogens with zero attached hydrogens (tertiary/aromatic N) is 1. The Kier molecular flexibility index (Phi) is 5.23. The molecule has 0 spiro atoms. The molecule has 0 saturated heterocycles. The van der Waals surface area contributed by atoms with E-state index in [1.54, 1.807) is 30.3 Å². The lowest BCUT2D eigenvalue weighted by atomic mass is 10.1. The topological polar surface area (TPSA) is 80.3 Å². The van der Waals surface area contributed by atoms with Crippen LogP contribution in [0.4, 0.5) is 0 Å². The van der Waals surface area contributed by atoms with Crippen molar-refractivity contribution in [3.63, 3.8) is 0 Å². The van der Waals surface area contributed by atoms with E-state index in [0.29, 0.717) is 16.5 Å². The second-order valence-electron chi connectivity index (χ2n) is 6.47. The van der Waals surface area contributed by atoms with E-state index in [-0.39, 0.29) is 22.3 Å². The summed E-state index contributed by atoms with van der Waals surface area (Å²) in [6, 6.07) is 24.6. The van der Waals surface area contributed by atoms with Gasteiger partial charge < -0.3 is 9.15 Å². The summed E-state index contributed by atoms with van der Waals surface area (Å²) in [5.41, 5.74) is 1.89. The summed E-state index contributed by atoms with van der Waals surface area (Å²) in [6.45, 7) is 0. The van der Waals surface area contributed by atoms with Gasteiger partial charge in [-0.25, -0.2) is 4.79 Å². The first-order valence-electron chi connectivity index (χ1n) is 9.16. The fourth-order valence-electron chi connectivity index (χ4n) is 3.00. The number of hydrogen-bond donors (Lipinski definition) is 0. The van der Waals surface area contributed by atoms with Crippen LogP contribution in [0.5, 0.6) is 5.75 Å². The van der Waals surface area contributed by atoms with Gasteiger partial charge in [-0.1, -0.05) is 60.7 Å². The highest BCUT2D eigenvalue weighted by molar-refractivity contribution is 5.99. The number of hydrogen-bond acceptors (Lipinski definition) is 5. The van der Waals surface area contributed by atoms with Crippen molar-refractivity contribution in [3.8, 4) is 22.9 Å². The van der Waals surface area contributed by atoms with Gasteiger partial charge in [0.1, 0.15) is 29.2 Å². The third-order valence-electron chi connectivity index (χ3n) is 4.49. The van der Waals surface area contributed by atoms with Crippen molar-refractivity contribution in [1.29, 1.82) is 5.26 Å². The molecule has 5 heteroatoms. The third-order valence-corrected chi connectivity index (χ3v) is 4.49. The Labute approximate surface area is 172 Å². The minimum atomic E-state index is -0.788. The SMILES string of the molecule is N#C/C(=C\c1ccccc1)C(=O)Oc1ccc2c(=O)c(-c3ccccc3)coc2c1. The van der Waals surface area contributed by atoms with Crippen LogP contribution in [0.2, 0.25) is 0 Å². The standard InChI is InChI=1S/C25H15NO4/c26-15-19(13-17-7-3-1-4-8-17)25(28)30-20-11-12-21-23(14-20)29-16-22(24(21)27)18-9-5-2-6-10-18/h1-14,16H/b19-13+. The Bertz CT molecular complexity index is 1350. The molecule has 0 aliphatic rings. The maximum absolute atomic E-state index is 12.8. The van der Waals surface area contributed by atoms with Crippen LogP contribution in [0.3, 0.4) is 0 Å². The lowest BCUT2D eigenvalue weighted by molar-refractivity contribution is -0.129. The number of carbonyl (C=O) groups excluding carboxylic acids is 1. The van der Waals surface area contributed by atoms with E-state index in [4.69, 9.17) is 9.15 Å². The van der Waals surface area contributed by atoms with E-state index in [2.05, 4.69) is 0 Å². The molecule has 0 radical (unpaired) electrons. The molecule has 0 fully saturated rings. The minimum Gasteiger partial charge on any atom is -0.463 e. The highest BCUT2D eigenvalue weighted by Gasteiger charge is 2.14. The van der Waals surface area contributed by atoms with E-state index < -0.39 is 5.97 Å². The molecule has 0 saturated carbocycles. The van der Waals surface area contributed by atoms with Crippen LogP contribution >= 0.6 is 0 Å². The maximum Gasteiger partial charge on any atom is 0.354 e. The van der Waals surface area contributed by atoms with Gasteiger partial charge in [-0.2, -0.15) is 5.26 Å². The summed E-state index contributed by atoms with van der Waals surface area (Å²) in [4.78, 5) is 25.2. The van der Waals surface area contributed by atoms with Gasteiger partial charge in [-0.05, 0) is 29.3 Å². The zero-order valence-electron chi connectivity index (χ0n) is 15.7. The summed E-state index contributed by atoms with van der Waals surface area (Å²) < 4.78 is 10.9. The zero-order chi connectivity index (χ0) is 20.9. The number of fused-ring (bicyclic) bond motifs is 1. The number of benzene rings is 3. The summed E-state index contributed by atoms with van der Waals surface area (Å²) >= 11 is 0. The average Bonchev–Trinajstić information content (AvgIpc) is 2.79. The average molecular weight is 393 g/mol. The van der Waals surface area contributed by atoms with Crippen molar-refractivity contribution < 1.29 is 13.9 Å². The molecular formula is C25H15NO4. The molecule has 3 aromatic carbocycles. The quantitative estimate of drug-likeness (QED) is 0.212. The van der Waals surface area contributed by atoms with Crippen molar-refractivity contribution in [2.45, 2.75) is 0 Å². The Morgan fingerprint density at radius 1 is 0.967 bits per heavy atom. The molecule has 0 aliphatic heterocycles. The van der Waals surface area contributed by atoms with Crippen LogP contribution in [0, 0.1) is 11.3 Å². The molecule has 0 amide bonds. The third kappa shape index (κ3) is 3.89. The number of nitriles is 1. The van der Waals surface area contributed by atoms with Gasteiger partial charge in [0.2, 0.25) is 0 Å². The van der Waals surface area contributed by atoms with Crippen LogP contribution in [-0.4, -0.2) is 5.97 Å². The van der Waals surface area contributed by atoms with Crippen molar-refractivity contribution in [1.82, 2.24) is 0 Å². The van der Waals surface area contributed by atoms with Gasteiger partial charge in [-0.15, -0.1) is 0 Å². The molecule has 30 heavy (non-hydrogen) atoms. The molecule has 0 unspecified atom stereocenters. The van der Waals surface area contributed by atoms with Crippen LogP contribution in [0.15, 0.2) is 99.9 Å². The number of ether oxygens (including phenoxy) is 1. The summed E-state index contributed by atoms with van der Waals surface area (Å²) in [5.74, 6) is -0.610. The Balaban J connectivity index is 1.63. The van der Waals surface area contributed by atoms with E-state index in [9.17, 15) is 14.9 Å². The normalized spacial score (nSPS) is 11.1. The van der Waals surface area contributed by atoms with Crippen molar-refractivity contribution in [2.24, 2.45) is 0 Å². The maximum atomic E-state index is 12.8. The van der Waals surface area contributed by atoms with E-state index >= 15 is 0 Å². The Morgan fingerprint density at radius 2 is 1.67 bits per heavy atom. The molecule has 0 atom stereocenters.